The van der Waals surface area contributed by atoms with Crippen LogP contribution >= 0.6 is 0 Å². The molecule has 2 aliphatic rings. The Labute approximate surface area is 61.3 Å². The Bertz CT molecular complexity index is 213. The Hall–Kier alpha value is -1.04. The van der Waals surface area contributed by atoms with E-state index in [2.05, 4.69) is 48.6 Å². The molecule has 0 atom stereocenters. The first kappa shape index (κ1) is 5.72. The Balaban J connectivity index is 2.37. The minimum absolute atomic E-state index is 0.151. The first-order valence-corrected chi connectivity index (χ1v) is 3.64. The van der Waals surface area contributed by atoms with Gasteiger partial charge in [0.1, 0.15) is 0 Å². The zero-order valence-electron chi connectivity index (χ0n) is 5.83. The van der Waals surface area contributed by atoms with Gasteiger partial charge in [-0.2, -0.15) is 0 Å². The molecule has 0 aromatic carbocycles. The standard InChI is InChI=1S/C10H10/c1-2-6-10(7-3-1)8-4-5-9-10/h2-9H,1H2. The van der Waals surface area contributed by atoms with Crippen LogP contribution in [0.5, 0.6) is 0 Å². The SMILES string of the molecule is C1=CC2(C=C1)C=CCC=C2. The normalized spacial score (nSPS) is 24.8. The molecule has 0 unspecified atom stereocenters. The highest BCUT2D eigenvalue weighted by molar-refractivity contribution is 5.38. The molecule has 0 heterocycles. The largest absolute Gasteiger partial charge is 0.0833 e. The molecule has 0 aromatic heterocycles. The highest BCUT2D eigenvalue weighted by Crippen LogP contribution is 2.31. The molecule has 2 aliphatic carbocycles. The molecule has 0 saturated carbocycles. The summed E-state index contributed by atoms with van der Waals surface area (Å²) in [4.78, 5) is 0. The third kappa shape index (κ3) is 0.766. The Morgan fingerprint density at radius 3 is 2.00 bits per heavy atom. The third-order valence-electron chi connectivity index (χ3n) is 1.97. The molecule has 0 heteroatoms. The van der Waals surface area contributed by atoms with Crippen molar-refractivity contribution in [2.45, 2.75) is 6.42 Å². The summed E-state index contributed by atoms with van der Waals surface area (Å²) in [5.41, 5.74) is 0.151. The first-order chi connectivity index (χ1) is 4.91. The summed E-state index contributed by atoms with van der Waals surface area (Å²) in [7, 11) is 0. The summed E-state index contributed by atoms with van der Waals surface area (Å²) in [5, 5.41) is 0. The maximum absolute atomic E-state index is 2.24. The number of hydrogen-bond donors (Lipinski definition) is 0. The lowest BCUT2D eigenvalue weighted by Crippen LogP contribution is -2.06. The van der Waals surface area contributed by atoms with Crippen LogP contribution < -0.4 is 0 Å². The predicted molar refractivity (Wildman–Crippen MR) is 43.6 cm³/mol. The van der Waals surface area contributed by atoms with E-state index in [1.165, 1.54) is 0 Å². The predicted octanol–water partition coefficient (Wildman–Crippen LogP) is 2.61. The second-order valence-corrected chi connectivity index (χ2v) is 2.76. The van der Waals surface area contributed by atoms with Gasteiger partial charge in [0.05, 0.1) is 0 Å². The van der Waals surface area contributed by atoms with E-state index >= 15 is 0 Å². The number of allylic oxidation sites excluding steroid dienone is 8. The van der Waals surface area contributed by atoms with Crippen LogP contribution in [0.2, 0.25) is 0 Å². The summed E-state index contributed by atoms with van der Waals surface area (Å²) in [6, 6.07) is 0. The minimum Gasteiger partial charge on any atom is -0.0833 e. The third-order valence-corrected chi connectivity index (χ3v) is 1.97. The average Bonchev–Trinajstić information content (AvgIpc) is 2.39. The van der Waals surface area contributed by atoms with Gasteiger partial charge in [0.15, 0.2) is 0 Å². The zero-order chi connectivity index (χ0) is 6.86. The molecule has 0 fully saturated rings. The summed E-state index contributed by atoms with van der Waals surface area (Å²) in [5.74, 6) is 0. The van der Waals surface area contributed by atoms with Crippen LogP contribution in [0, 0.1) is 5.41 Å². The van der Waals surface area contributed by atoms with Crippen LogP contribution in [-0.4, -0.2) is 0 Å². The molecule has 0 amide bonds. The van der Waals surface area contributed by atoms with Gasteiger partial charge in [-0.05, 0) is 6.42 Å². The molecule has 0 radical (unpaired) electrons. The van der Waals surface area contributed by atoms with Gasteiger partial charge in [-0.3, -0.25) is 0 Å². The molecule has 50 valence electrons. The Morgan fingerprint density at radius 1 is 0.800 bits per heavy atom. The van der Waals surface area contributed by atoms with Crippen molar-refractivity contribution in [2.75, 3.05) is 0 Å². The van der Waals surface area contributed by atoms with E-state index in [9.17, 15) is 0 Å². The smallest absolute Gasteiger partial charge is 0.0429 e. The molecule has 0 bridgehead atoms. The topological polar surface area (TPSA) is 0 Å². The van der Waals surface area contributed by atoms with Crippen LogP contribution in [-0.2, 0) is 0 Å². The van der Waals surface area contributed by atoms with Gasteiger partial charge >= 0.3 is 0 Å². The van der Waals surface area contributed by atoms with Gasteiger partial charge in [-0.15, -0.1) is 0 Å². The van der Waals surface area contributed by atoms with Gasteiger partial charge < -0.3 is 0 Å². The molecule has 10 heavy (non-hydrogen) atoms. The second-order valence-electron chi connectivity index (χ2n) is 2.76. The minimum atomic E-state index is 0.151. The molecule has 2 rings (SSSR count). The fourth-order valence-electron chi connectivity index (χ4n) is 1.40. The lowest BCUT2D eigenvalue weighted by atomic mass is 9.86. The van der Waals surface area contributed by atoms with E-state index in [1.54, 1.807) is 0 Å². The van der Waals surface area contributed by atoms with Crippen molar-refractivity contribution in [3.8, 4) is 0 Å². The van der Waals surface area contributed by atoms with E-state index in [0.29, 0.717) is 0 Å². The summed E-state index contributed by atoms with van der Waals surface area (Å²) in [6.07, 6.45) is 18.6. The first-order valence-electron chi connectivity index (χ1n) is 3.64. The maximum atomic E-state index is 2.24. The van der Waals surface area contributed by atoms with Gasteiger partial charge in [0.25, 0.3) is 0 Å². The van der Waals surface area contributed by atoms with Crippen molar-refractivity contribution >= 4 is 0 Å². The van der Waals surface area contributed by atoms with Crippen LogP contribution in [0.25, 0.3) is 0 Å². The molecular weight excluding hydrogens is 120 g/mol. The molecule has 0 saturated heterocycles. The van der Waals surface area contributed by atoms with Crippen LogP contribution in [0.4, 0.5) is 0 Å². The van der Waals surface area contributed by atoms with E-state index in [-0.39, 0.29) is 5.41 Å². The second kappa shape index (κ2) is 1.98. The number of hydrogen-bond acceptors (Lipinski definition) is 0. The fraction of sp³-hybridized carbons (Fsp3) is 0.200. The van der Waals surface area contributed by atoms with Crippen molar-refractivity contribution in [1.29, 1.82) is 0 Å². The monoisotopic (exact) mass is 130 g/mol. The van der Waals surface area contributed by atoms with Gasteiger partial charge in [-0.25, -0.2) is 0 Å². The van der Waals surface area contributed by atoms with E-state index in [1.807, 2.05) is 0 Å². The van der Waals surface area contributed by atoms with Gasteiger partial charge in [-0.1, -0.05) is 48.6 Å². The highest BCUT2D eigenvalue weighted by atomic mass is 14.2. The van der Waals surface area contributed by atoms with E-state index < -0.39 is 0 Å². The Morgan fingerprint density at radius 2 is 1.40 bits per heavy atom. The molecule has 0 nitrogen and oxygen atoms in total. The molecule has 1 spiro atoms. The highest BCUT2D eigenvalue weighted by Gasteiger charge is 2.19. The fourth-order valence-corrected chi connectivity index (χ4v) is 1.40. The van der Waals surface area contributed by atoms with Gasteiger partial charge in [0.2, 0.25) is 0 Å². The summed E-state index contributed by atoms with van der Waals surface area (Å²) >= 11 is 0. The van der Waals surface area contributed by atoms with E-state index in [0.717, 1.165) is 6.42 Å². The summed E-state index contributed by atoms with van der Waals surface area (Å²) < 4.78 is 0. The van der Waals surface area contributed by atoms with Crippen molar-refractivity contribution in [1.82, 2.24) is 0 Å². The average molecular weight is 130 g/mol. The van der Waals surface area contributed by atoms with Crippen LogP contribution in [0.3, 0.4) is 0 Å². The molecule has 0 aliphatic heterocycles. The van der Waals surface area contributed by atoms with Crippen molar-refractivity contribution in [3.05, 3.63) is 48.6 Å². The van der Waals surface area contributed by atoms with Crippen molar-refractivity contribution in [2.24, 2.45) is 5.41 Å². The van der Waals surface area contributed by atoms with Crippen LogP contribution in [0.15, 0.2) is 48.6 Å². The maximum Gasteiger partial charge on any atom is 0.0429 e. The molecule has 0 N–H and O–H groups in total. The van der Waals surface area contributed by atoms with Crippen LogP contribution in [0.1, 0.15) is 6.42 Å². The zero-order valence-corrected chi connectivity index (χ0v) is 5.83. The van der Waals surface area contributed by atoms with Crippen molar-refractivity contribution < 1.29 is 0 Å². The van der Waals surface area contributed by atoms with E-state index in [4.69, 9.17) is 0 Å². The number of rotatable bonds is 0. The Kier molecular flexibility index (Phi) is 1.13. The molecular formula is C10H10. The summed E-state index contributed by atoms with van der Waals surface area (Å²) in [6.45, 7) is 0. The molecule has 0 aromatic rings. The lowest BCUT2D eigenvalue weighted by molar-refractivity contribution is 0.812. The van der Waals surface area contributed by atoms with Crippen molar-refractivity contribution in [3.63, 3.8) is 0 Å². The van der Waals surface area contributed by atoms with Gasteiger partial charge in [0, 0.05) is 5.41 Å². The quantitative estimate of drug-likeness (QED) is 0.442. The lowest BCUT2D eigenvalue weighted by Gasteiger charge is -2.17.